The lowest BCUT2D eigenvalue weighted by molar-refractivity contribution is -0.235. The van der Waals surface area contributed by atoms with Gasteiger partial charge in [-0.25, -0.2) is 0 Å². The molecular formula is C39H45F6N5O3. The van der Waals surface area contributed by atoms with Gasteiger partial charge in [-0.1, -0.05) is 60.7 Å². The van der Waals surface area contributed by atoms with E-state index in [-0.39, 0.29) is 6.42 Å². The number of likely N-dealkylation sites (tertiary alicyclic amines) is 1. The number of piperazine rings is 1. The molecular weight excluding hydrogens is 700 g/mol. The minimum atomic E-state index is -4.77. The molecule has 2 aliphatic rings. The molecule has 286 valence electrons. The highest BCUT2D eigenvalue weighted by Crippen LogP contribution is 2.46. The summed E-state index contributed by atoms with van der Waals surface area (Å²) in [7, 11) is 1.08. The summed E-state index contributed by atoms with van der Waals surface area (Å²) in [6.45, 7) is 5.36. The molecule has 14 heteroatoms. The van der Waals surface area contributed by atoms with Crippen molar-refractivity contribution in [2.24, 2.45) is 5.41 Å². The maximum absolute atomic E-state index is 13.0. The van der Waals surface area contributed by atoms with Crippen molar-refractivity contribution < 1.29 is 41.0 Å². The highest BCUT2D eigenvalue weighted by Gasteiger charge is 2.60. The maximum atomic E-state index is 13.0. The van der Waals surface area contributed by atoms with E-state index < -0.39 is 62.1 Å². The quantitative estimate of drug-likeness (QED) is 0.164. The molecule has 2 saturated heterocycles. The number of hydrogen-bond donors (Lipinski definition) is 3. The predicted octanol–water partition coefficient (Wildman–Crippen LogP) is 7.19. The SMILES string of the molecule is CC1CN(Cc2cnc(-c3cccc4c(CCC(=O)O)cccc34)c3ccccc23)CC(C)N1.CNC(=O)C1(C(F)(F)F)CCN(CC(F)(F)F)CC1. The normalized spacial score (nSPS) is 19.8. The van der Waals surface area contributed by atoms with Crippen molar-refractivity contribution in [2.75, 3.05) is 39.8 Å². The summed E-state index contributed by atoms with van der Waals surface area (Å²) in [4.78, 5) is 31.0. The first-order valence-corrected chi connectivity index (χ1v) is 17.7. The minimum Gasteiger partial charge on any atom is -0.481 e. The van der Waals surface area contributed by atoms with Crippen LogP contribution in [0.25, 0.3) is 32.8 Å². The Balaban J connectivity index is 0.000000243. The molecule has 1 aromatic heterocycles. The Hall–Kier alpha value is -4.27. The van der Waals surface area contributed by atoms with E-state index in [4.69, 9.17) is 10.1 Å². The van der Waals surface area contributed by atoms with Crippen LogP contribution in [0, 0.1) is 5.41 Å². The maximum Gasteiger partial charge on any atom is 0.403 e. The highest BCUT2D eigenvalue weighted by atomic mass is 19.4. The van der Waals surface area contributed by atoms with Crippen molar-refractivity contribution in [1.29, 1.82) is 0 Å². The number of pyridine rings is 1. The van der Waals surface area contributed by atoms with Gasteiger partial charge in [0.2, 0.25) is 5.91 Å². The summed E-state index contributed by atoms with van der Waals surface area (Å²) in [6, 6.07) is 21.9. The number of carbonyl (C=O) groups is 2. The molecule has 0 saturated carbocycles. The average Bonchev–Trinajstić information content (AvgIpc) is 3.09. The second-order valence-corrected chi connectivity index (χ2v) is 14.1. The van der Waals surface area contributed by atoms with Gasteiger partial charge in [0.15, 0.2) is 0 Å². The van der Waals surface area contributed by atoms with Gasteiger partial charge in [-0.2, -0.15) is 26.3 Å². The first-order valence-electron chi connectivity index (χ1n) is 17.7. The van der Waals surface area contributed by atoms with Gasteiger partial charge >= 0.3 is 18.3 Å². The van der Waals surface area contributed by atoms with E-state index in [0.29, 0.717) is 18.5 Å². The Morgan fingerprint density at radius 2 is 1.43 bits per heavy atom. The van der Waals surface area contributed by atoms with Crippen LogP contribution in [-0.4, -0.2) is 96.0 Å². The fraction of sp³-hybridized carbons (Fsp3) is 0.462. The lowest BCUT2D eigenvalue weighted by Crippen LogP contribution is -2.56. The van der Waals surface area contributed by atoms with Crippen LogP contribution in [-0.2, 0) is 22.6 Å². The lowest BCUT2D eigenvalue weighted by Gasteiger charge is -2.41. The van der Waals surface area contributed by atoms with E-state index in [1.165, 1.54) is 10.9 Å². The third kappa shape index (κ3) is 9.46. The first kappa shape index (κ1) is 39.9. The number of aromatic nitrogens is 1. The van der Waals surface area contributed by atoms with Gasteiger partial charge in [-0.05, 0) is 73.5 Å². The second kappa shape index (κ2) is 16.4. The van der Waals surface area contributed by atoms with Gasteiger partial charge < -0.3 is 15.7 Å². The molecule has 0 bridgehead atoms. The number of alkyl halides is 6. The molecule has 0 aliphatic carbocycles. The second-order valence-electron chi connectivity index (χ2n) is 14.1. The minimum absolute atomic E-state index is 0.127. The number of aliphatic carboxylic acids is 1. The fourth-order valence-corrected chi connectivity index (χ4v) is 7.67. The van der Waals surface area contributed by atoms with Crippen LogP contribution < -0.4 is 10.6 Å². The number of carbonyl (C=O) groups excluding carboxylic acids is 1. The monoisotopic (exact) mass is 745 g/mol. The van der Waals surface area contributed by atoms with Crippen molar-refractivity contribution in [3.63, 3.8) is 0 Å². The molecule has 4 aromatic rings. The lowest BCUT2D eigenvalue weighted by atomic mass is 9.76. The van der Waals surface area contributed by atoms with Gasteiger partial charge in [-0.3, -0.25) is 24.4 Å². The van der Waals surface area contributed by atoms with Gasteiger partial charge in [0.1, 0.15) is 5.41 Å². The highest BCUT2D eigenvalue weighted by molar-refractivity contribution is 6.05. The third-order valence-electron chi connectivity index (χ3n) is 10.1. The number of nitrogens with zero attached hydrogens (tertiary/aromatic N) is 3. The zero-order chi connectivity index (χ0) is 38.6. The Bertz CT molecular complexity index is 1900. The Labute approximate surface area is 304 Å². The summed E-state index contributed by atoms with van der Waals surface area (Å²) >= 11 is 0. The summed E-state index contributed by atoms with van der Waals surface area (Å²) in [5.74, 6) is -1.96. The van der Waals surface area contributed by atoms with E-state index in [0.717, 1.165) is 64.6 Å². The zero-order valence-electron chi connectivity index (χ0n) is 29.9. The zero-order valence-corrected chi connectivity index (χ0v) is 29.9. The number of carboxylic acid groups (broad SMARTS) is 1. The average molecular weight is 746 g/mol. The van der Waals surface area contributed by atoms with Crippen molar-refractivity contribution >= 4 is 33.4 Å². The standard InChI is InChI=1S/C29H31N3O2.C10H14F6N2O/c1-19-16-32(17-20(2)31-19)18-22-15-30-29(26-9-4-3-8-24(22)26)27-12-6-10-23-21(13-14-28(33)34)7-5-11-25(23)27;1-17-7(19)8(10(14,15)16)2-4-18(5-3-8)6-9(11,12)13/h3-12,15,19-20,31H,13-14,16-18H2,1-2H3,(H,33,34);2-6H2,1H3,(H,17,19). The van der Waals surface area contributed by atoms with E-state index in [1.807, 2.05) is 23.6 Å². The van der Waals surface area contributed by atoms with Gasteiger partial charge in [0.05, 0.1) is 12.2 Å². The van der Waals surface area contributed by atoms with E-state index in [1.54, 1.807) is 0 Å². The Kier molecular flexibility index (Phi) is 12.4. The molecule has 3 heterocycles. The molecule has 1 amide bonds. The van der Waals surface area contributed by atoms with Crippen LogP contribution in [0.5, 0.6) is 0 Å². The number of nitrogens with one attached hydrogen (secondary N) is 2. The molecule has 2 atom stereocenters. The van der Waals surface area contributed by atoms with E-state index >= 15 is 0 Å². The van der Waals surface area contributed by atoms with Crippen LogP contribution in [0.4, 0.5) is 26.3 Å². The molecule has 3 N–H and O–H groups in total. The molecule has 8 nitrogen and oxygen atoms in total. The number of halogens is 6. The van der Waals surface area contributed by atoms with Crippen molar-refractivity contribution in [3.05, 3.63) is 78.0 Å². The molecule has 0 radical (unpaired) electrons. The number of aryl methyl sites for hydroxylation is 1. The fourth-order valence-electron chi connectivity index (χ4n) is 7.67. The van der Waals surface area contributed by atoms with Gasteiger partial charge in [0, 0.05) is 62.3 Å². The molecule has 3 aromatic carbocycles. The smallest absolute Gasteiger partial charge is 0.403 e. The number of carboxylic acids is 1. The molecule has 2 fully saturated rings. The largest absolute Gasteiger partial charge is 0.481 e. The number of benzene rings is 3. The molecule has 0 spiro atoms. The molecule has 2 unspecified atom stereocenters. The van der Waals surface area contributed by atoms with Crippen molar-refractivity contribution in [1.82, 2.24) is 25.4 Å². The molecule has 53 heavy (non-hydrogen) atoms. The number of fused-ring (bicyclic) bond motifs is 2. The van der Waals surface area contributed by atoms with Crippen LogP contribution in [0.2, 0.25) is 0 Å². The number of hydrogen-bond acceptors (Lipinski definition) is 6. The van der Waals surface area contributed by atoms with Crippen molar-refractivity contribution in [3.8, 4) is 11.3 Å². The van der Waals surface area contributed by atoms with Crippen LogP contribution in [0.15, 0.2) is 66.9 Å². The van der Waals surface area contributed by atoms with Gasteiger partial charge in [-0.15, -0.1) is 0 Å². The summed E-state index contributed by atoms with van der Waals surface area (Å²) in [6.07, 6.45) is -7.85. The third-order valence-corrected chi connectivity index (χ3v) is 10.1. The number of piperidine rings is 1. The number of rotatable bonds is 8. The van der Waals surface area contributed by atoms with E-state index in [2.05, 4.69) is 72.6 Å². The summed E-state index contributed by atoms with van der Waals surface area (Å²) in [5.41, 5.74) is 1.79. The Morgan fingerprint density at radius 1 is 0.849 bits per heavy atom. The predicted molar refractivity (Wildman–Crippen MR) is 192 cm³/mol. The number of amides is 1. The van der Waals surface area contributed by atoms with Crippen LogP contribution in [0.3, 0.4) is 0 Å². The van der Waals surface area contributed by atoms with E-state index in [9.17, 15) is 35.9 Å². The Morgan fingerprint density at radius 3 is 2.04 bits per heavy atom. The molecule has 6 rings (SSSR count). The van der Waals surface area contributed by atoms with Crippen molar-refractivity contribution in [2.45, 2.75) is 70.5 Å². The van der Waals surface area contributed by atoms with Crippen LogP contribution in [0.1, 0.15) is 44.2 Å². The van der Waals surface area contributed by atoms with Gasteiger partial charge in [0.25, 0.3) is 0 Å². The molecule has 2 aliphatic heterocycles. The topological polar surface area (TPSA) is 97.8 Å². The summed E-state index contributed by atoms with van der Waals surface area (Å²) in [5, 5.41) is 19.3. The first-order chi connectivity index (χ1) is 25.0. The summed E-state index contributed by atoms with van der Waals surface area (Å²) < 4.78 is 75.4. The van der Waals surface area contributed by atoms with Crippen LogP contribution >= 0.6 is 0 Å².